The second kappa shape index (κ2) is 16.7. The van der Waals surface area contributed by atoms with Crippen LogP contribution in [0.5, 0.6) is 0 Å². The monoisotopic (exact) mass is 738 g/mol. The molecule has 0 saturated carbocycles. The smallest absolute Gasteiger partial charge is 0.342 e. The van der Waals surface area contributed by atoms with E-state index < -0.39 is 17.5 Å². The van der Waals surface area contributed by atoms with Crippen LogP contribution in [0.1, 0.15) is 81.0 Å². The summed E-state index contributed by atoms with van der Waals surface area (Å²) in [4.78, 5) is 66.5. The summed E-state index contributed by atoms with van der Waals surface area (Å²) in [6, 6.07) is 7.29. The van der Waals surface area contributed by atoms with Crippen LogP contribution in [0.2, 0.25) is 0 Å². The average Bonchev–Trinajstić information content (AvgIpc) is 3.80. The zero-order valence-electron chi connectivity index (χ0n) is 31.1. The van der Waals surface area contributed by atoms with Crippen LogP contribution in [-0.4, -0.2) is 102 Å². The lowest BCUT2D eigenvalue weighted by Gasteiger charge is -2.38. The lowest BCUT2D eigenvalue weighted by molar-refractivity contribution is -0.132. The van der Waals surface area contributed by atoms with Crippen LogP contribution in [0.25, 0.3) is 22.1 Å². The number of anilines is 2. The maximum absolute atomic E-state index is 12.8. The van der Waals surface area contributed by atoms with Crippen LogP contribution in [-0.2, 0) is 14.3 Å². The lowest BCUT2D eigenvalue weighted by Crippen LogP contribution is -2.49. The molecule has 2 aliphatic rings. The number of carboxylic acids is 1. The van der Waals surface area contributed by atoms with Crippen molar-refractivity contribution in [3.8, 4) is 12.1 Å². The first-order valence-electron chi connectivity index (χ1n) is 17.9. The van der Waals surface area contributed by atoms with Crippen LogP contribution in [0.15, 0.2) is 36.9 Å². The minimum atomic E-state index is -1.06. The fraction of sp³-hybridized carbons (Fsp3) is 0.474. The van der Waals surface area contributed by atoms with Gasteiger partial charge in [-0.1, -0.05) is 13.8 Å². The van der Waals surface area contributed by atoms with Gasteiger partial charge in [-0.25, -0.2) is 19.6 Å². The van der Waals surface area contributed by atoms with Gasteiger partial charge in [0, 0.05) is 73.8 Å². The van der Waals surface area contributed by atoms with Crippen LogP contribution < -0.4 is 10.6 Å². The molecule has 284 valence electrons. The number of aromatic carboxylic acids is 1. The van der Waals surface area contributed by atoms with E-state index in [4.69, 9.17) is 15.3 Å². The zero-order chi connectivity index (χ0) is 39.2. The maximum atomic E-state index is 12.8. The van der Waals surface area contributed by atoms with Gasteiger partial charge in [-0.05, 0) is 57.6 Å². The number of likely N-dealkylation sites (tertiary alicyclic amines) is 2. The number of nitrogens with one attached hydrogen (secondary N) is 4. The van der Waals surface area contributed by atoms with Gasteiger partial charge in [0.15, 0.2) is 0 Å². The molecule has 2 saturated heterocycles. The van der Waals surface area contributed by atoms with Gasteiger partial charge in [-0.2, -0.15) is 10.5 Å². The third-order valence-corrected chi connectivity index (χ3v) is 9.76. The number of nitrogens with zero attached hydrogens (tertiary/aromatic N) is 6. The Balaban J connectivity index is 0.000000210. The minimum Gasteiger partial charge on any atom is -0.478 e. The third kappa shape index (κ3) is 9.06. The largest absolute Gasteiger partial charge is 0.478 e. The quantitative estimate of drug-likeness (QED) is 0.152. The summed E-state index contributed by atoms with van der Waals surface area (Å²) < 4.78 is 5.57. The molecule has 6 rings (SSSR count). The fourth-order valence-electron chi connectivity index (χ4n) is 6.67. The predicted molar refractivity (Wildman–Crippen MR) is 200 cm³/mol. The summed E-state index contributed by atoms with van der Waals surface area (Å²) in [5.41, 5.74) is 2.26. The molecule has 0 bridgehead atoms. The van der Waals surface area contributed by atoms with E-state index in [1.807, 2.05) is 39.0 Å². The molecule has 16 nitrogen and oxygen atoms in total. The van der Waals surface area contributed by atoms with Crippen molar-refractivity contribution >= 4 is 57.2 Å². The number of ether oxygens (including phenoxy) is 1. The van der Waals surface area contributed by atoms with Crippen LogP contribution in [0, 0.1) is 34.5 Å². The molecular formula is C38H46N10O6. The molecule has 4 aromatic heterocycles. The Morgan fingerprint density at radius 2 is 1.28 bits per heavy atom. The number of hydrogen-bond donors (Lipinski definition) is 5. The molecule has 0 radical (unpaired) electrons. The van der Waals surface area contributed by atoms with Crippen molar-refractivity contribution in [2.45, 2.75) is 78.0 Å². The molecule has 0 spiro atoms. The number of nitriles is 2. The first-order valence-corrected chi connectivity index (χ1v) is 17.9. The van der Waals surface area contributed by atoms with E-state index in [1.54, 1.807) is 28.3 Å². The summed E-state index contributed by atoms with van der Waals surface area (Å²) in [5, 5.41) is 35.3. The first kappa shape index (κ1) is 39.1. The van der Waals surface area contributed by atoms with Crippen LogP contribution in [0.3, 0.4) is 0 Å². The van der Waals surface area contributed by atoms with E-state index in [2.05, 4.69) is 44.4 Å². The number of hydrogen-bond acceptors (Lipinski definition) is 11. The van der Waals surface area contributed by atoms with E-state index in [9.17, 15) is 24.3 Å². The van der Waals surface area contributed by atoms with Gasteiger partial charge in [0.2, 0.25) is 11.8 Å². The number of carbonyl (C=O) groups is 4. The summed E-state index contributed by atoms with van der Waals surface area (Å²) in [6.45, 7) is 11.8. The molecular weight excluding hydrogens is 692 g/mol. The highest BCUT2D eigenvalue weighted by molar-refractivity contribution is 6.05. The van der Waals surface area contributed by atoms with Crippen LogP contribution >= 0.6 is 0 Å². The second-order valence-corrected chi connectivity index (χ2v) is 14.8. The van der Waals surface area contributed by atoms with Crippen LogP contribution in [0.4, 0.5) is 11.4 Å². The molecule has 2 fully saturated rings. The van der Waals surface area contributed by atoms with E-state index in [0.29, 0.717) is 59.8 Å². The number of piperidine rings is 2. The van der Waals surface area contributed by atoms with Gasteiger partial charge in [0.1, 0.15) is 40.9 Å². The van der Waals surface area contributed by atoms with Gasteiger partial charge < -0.3 is 40.2 Å². The molecule has 5 N–H and O–H groups in total. The third-order valence-electron chi connectivity index (χ3n) is 9.76. The van der Waals surface area contributed by atoms with E-state index in [1.165, 1.54) is 12.4 Å². The number of fused-ring (bicyclic) bond motifs is 2. The van der Waals surface area contributed by atoms with Crippen molar-refractivity contribution in [1.29, 1.82) is 10.5 Å². The van der Waals surface area contributed by atoms with Crippen molar-refractivity contribution in [3.05, 3.63) is 48.0 Å². The molecule has 4 atom stereocenters. The Labute approximate surface area is 312 Å². The number of rotatable bonds is 8. The van der Waals surface area contributed by atoms with Gasteiger partial charge in [0.25, 0.3) is 0 Å². The highest BCUT2D eigenvalue weighted by atomic mass is 16.6. The summed E-state index contributed by atoms with van der Waals surface area (Å²) >= 11 is 0. The van der Waals surface area contributed by atoms with E-state index in [-0.39, 0.29) is 54.1 Å². The average molecular weight is 739 g/mol. The normalized spacial score (nSPS) is 19.9. The number of esters is 1. The molecule has 0 unspecified atom stereocenters. The maximum Gasteiger partial charge on any atom is 0.342 e. The van der Waals surface area contributed by atoms with Crippen molar-refractivity contribution in [2.75, 3.05) is 36.8 Å². The number of carboxylic acid groups (broad SMARTS) is 1. The second-order valence-electron chi connectivity index (χ2n) is 14.8. The molecule has 0 aromatic carbocycles. The lowest BCUT2D eigenvalue weighted by atomic mass is 9.92. The Bertz CT molecular complexity index is 2100. The van der Waals surface area contributed by atoms with Crippen molar-refractivity contribution in [2.24, 2.45) is 11.8 Å². The highest BCUT2D eigenvalue weighted by Crippen LogP contribution is 2.32. The Morgan fingerprint density at radius 3 is 1.70 bits per heavy atom. The summed E-state index contributed by atoms with van der Waals surface area (Å²) in [5.74, 6) is -1.32. The number of amides is 2. The molecule has 6 heterocycles. The molecule has 16 heteroatoms. The number of H-pyrrole nitrogens is 2. The number of carbonyl (C=O) groups excluding carboxylic acids is 3. The Kier molecular flexibility index (Phi) is 12.1. The molecule has 0 aliphatic carbocycles. The number of aromatic nitrogens is 4. The van der Waals surface area contributed by atoms with Gasteiger partial charge in [-0.3, -0.25) is 9.59 Å². The SMILES string of the molecule is C[C@@H]1CCN(C(=O)CC#N)C[C@@H]1Nc1c(C(=O)O)cnc2[nH]ccc12.C[C@@H]1CCN(C(=O)CC#N)C[C@@H]1Nc1c(C(=O)OC(C)(C)C)cnc2[nH]ccc12. The Morgan fingerprint density at radius 1 is 0.833 bits per heavy atom. The van der Waals surface area contributed by atoms with E-state index in [0.717, 1.165) is 18.2 Å². The number of pyridine rings is 2. The summed E-state index contributed by atoms with van der Waals surface area (Å²) in [7, 11) is 0. The minimum absolute atomic E-state index is 0.0620. The predicted octanol–water partition coefficient (Wildman–Crippen LogP) is 4.90. The fourth-order valence-corrected chi connectivity index (χ4v) is 6.67. The van der Waals surface area contributed by atoms with Gasteiger partial charge in [-0.15, -0.1) is 0 Å². The van der Waals surface area contributed by atoms with E-state index >= 15 is 0 Å². The van der Waals surface area contributed by atoms with Crippen molar-refractivity contribution in [1.82, 2.24) is 29.7 Å². The molecule has 54 heavy (non-hydrogen) atoms. The molecule has 2 amide bonds. The van der Waals surface area contributed by atoms with Gasteiger partial charge in [0.05, 0.1) is 23.5 Å². The van der Waals surface area contributed by atoms with Crippen molar-refractivity contribution in [3.63, 3.8) is 0 Å². The zero-order valence-corrected chi connectivity index (χ0v) is 31.1. The Hall–Kier alpha value is -6.16. The van der Waals surface area contributed by atoms with Crippen molar-refractivity contribution < 1.29 is 29.0 Å². The summed E-state index contributed by atoms with van der Waals surface area (Å²) in [6.07, 6.45) is 7.67. The topological polar surface area (TPSA) is 233 Å². The highest BCUT2D eigenvalue weighted by Gasteiger charge is 2.32. The molecule has 4 aromatic rings. The number of aromatic amines is 2. The standard InChI is InChI=1S/C21H27N5O3.C17H19N5O3/c1-13-7-10-26(17(27)5-8-22)12-16(13)25-18-14-6-9-23-19(14)24-11-15(18)20(28)29-21(2,3)4;1-10-4-7-22(14(23)2-5-18)9-13(10)21-15-11-3-6-19-16(11)20-8-12(15)17(24)25/h6,9,11,13,16H,5,7,10,12H2,1-4H3,(H2,23,24,25);3,6,8,10,13H,2,4,7,9H2,1H3,(H,24,25)(H2,19,20,21)/t13-,16+;10-,13+/m11/s1. The van der Waals surface area contributed by atoms with Gasteiger partial charge >= 0.3 is 11.9 Å². The first-order chi connectivity index (χ1) is 25.7. The molecule has 2 aliphatic heterocycles.